The molecule has 3 aliphatic heterocycles. The normalized spacial score (nSPS) is 22.6. The molecule has 8 nitrogen and oxygen atoms in total. The Kier molecular flexibility index (Phi) is 4.89. The van der Waals surface area contributed by atoms with Crippen LogP contribution in [-0.4, -0.2) is 72.3 Å². The second kappa shape index (κ2) is 7.40. The molecule has 2 fully saturated rings. The minimum atomic E-state index is -0.520. The van der Waals surface area contributed by atoms with E-state index in [1.54, 1.807) is 12.0 Å². The van der Waals surface area contributed by atoms with Crippen molar-refractivity contribution in [1.29, 1.82) is 0 Å². The molecule has 1 aromatic carbocycles. The SMILES string of the molecule is COc1ccc2c3c([nH]c2c1)[C@@H]1COCC(=O)N1CC31CCN(C(=O)OC(C)(C)C)CC1. The number of H-pyrrole nitrogens is 1. The molecule has 5 rings (SSSR count). The van der Waals surface area contributed by atoms with Crippen LogP contribution in [0.15, 0.2) is 18.2 Å². The molecule has 2 saturated heterocycles. The van der Waals surface area contributed by atoms with Gasteiger partial charge in [-0.15, -0.1) is 0 Å². The van der Waals surface area contributed by atoms with Crippen LogP contribution in [0.2, 0.25) is 0 Å². The predicted octanol–water partition coefficient (Wildman–Crippen LogP) is 3.36. The lowest BCUT2D eigenvalue weighted by Crippen LogP contribution is -2.58. The highest BCUT2D eigenvalue weighted by Gasteiger charge is 2.50. The maximum Gasteiger partial charge on any atom is 0.410 e. The van der Waals surface area contributed by atoms with Crippen LogP contribution in [0.1, 0.15) is 50.9 Å². The summed E-state index contributed by atoms with van der Waals surface area (Å²) < 4.78 is 16.6. The van der Waals surface area contributed by atoms with E-state index in [1.807, 2.05) is 37.8 Å². The Morgan fingerprint density at radius 3 is 2.69 bits per heavy atom. The molecule has 1 spiro atoms. The molecule has 0 saturated carbocycles. The molecular weight excluding hydrogens is 410 g/mol. The number of likely N-dealkylation sites (tertiary alicyclic amines) is 1. The third-order valence-electron chi connectivity index (χ3n) is 6.94. The Morgan fingerprint density at radius 2 is 2.00 bits per heavy atom. The maximum atomic E-state index is 12.8. The molecule has 8 heteroatoms. The Hall–Kier alpha value is -2.74. The van der Waals surface area contributed by atoms with Crippen molar-refractivity contribution in [3.05, 3.63) is 29.5 Å². The van der Waals surface area contributed by atoms with Crippen molar-refractivity contribution in [3.63, 3.8) is 0 Å². The van der Waals surface area contributed by atoms with Gasteiger partial charge in [0.25, 0.3) is 0 Å². The Morgan fingerprint density at radius 1 is 1.25 bits per heavy atom. The minimum Gasteiger partial charge on any atom is -0.497 e. The first-order chi connectivity index (χ1) is 15.2. The van der Waals surface area contributed by atoms with E-state index in [0.717, 1.165) is 35.2 Å². The summed E-state index contributed by atoms with van der Waals surface area (Å²) >= 11 is 0. The number of aromatic nitrogens is 1. The Labute approximate surface area is 187 Å². The van der Waals surface area contributed by atoms with Gasteiger partial charge in [0.15, 0.2) is 0 Å². The van der Waals surface area contributed by atoms with Gasteiger partial charge in [0, 0.05) is 47.7 Å². The lowest BCUT2D eigenvalue weighted by molar-refractivity contribution is -0.152. The first-order valence-electron chi connectivity index (χ1n) is 11.3. The van der Waals surface area contributed by atoms with Gasteiger partial charge in [-0.25, -0.2) is 4.79 Å². The number of ether oxygens (including phenoxy) is 3. The summed E-state index contributed by atoms with van der Waals surface area (Å²) in [5, 5.41) is 1.16. The molecule has 0 bridgehead atoms. The number of nitrogens with one attached hydrogen (secondary N) is 1. The number of piperidine rings is 1. The summed E-state index contributed by atoms with van der Waals surface area (Å²) in [4.78, 5) is 32.8. The summed E-state index contributed by atoms with van der Waals surface area (Å²) in [6, 6.07) is 5.98. The fourth-order valence-corrected chi connectivity index (χ4v) is 5.44. The van der Waals surface area contributed by atoms with E-state index in [2.05, 4.69) is 11.1 Å². The molecule has 1 aromatic heterocycles. The smallest absolute Gasteiger partial charge is 0.410 e. The minimum absolute atomic E-state index is 0.0251. The number of methoxy groups -OCH3 is 1. The number of rotatable bonds is 1. The maximum absolute atomic E-state index is 12.8. The summed E-state index contributed by atoms with van der Waals surface area (Å²) in [5.41, 5.74) is 2.58. The second-order valence-electron chi connectivity index (χ2n) is 10.1. The fourth-order valence-electron chi connectivity index (χ4n) is 5.44. The van der Waals surface area contributed by atoms with Crippen LogP contribution in [0, 0.1) is 0 Å². The van der Waals surface area contributed by atoms with Crippen LogP contribution in [0.4, 0.5) is 4.79 Å². The molecule has 0 aliphatic carbocycles. The first kappa shape index (κ1) is 21.1. The number of fused-ring (bicyclic) bond motifs is 6. The van der Waals surface area contributed by atoms with E-state index >= 15 is 0 Å². The van der Waals surface area contributed by atoms with Crippen molar-refractivity contribution in [1.82, 2.24) is 14.8 Å². The highest BCUT2D eigenvalue weighted by atomic mass is 16.6. The zero-order valence-electron chi connectivity index (χ0n) is 19.2. The summed E-state index contributed by atoms with van der Waals surface area (Å²) in [7, 11) is 1.66. The Bertz CT molecular complexity index is 1060. The van der Waals surface area contributed by atoms with E-state index < -0.39 is 5.60 Å². The monoisotopic (exact) mass is 441 g/mol. The summed E-state index contributed by atoms with van der Waals surface area (Å²) in [5.74, 6) is 0.815. The van der Waals surface area contributed by atoms with Gasteiger partial charge in [-0.2, -0.15) is 0 Å². The van der Waals surface area contributed by atoms with Gasteiger partial charge in [0.1, 0.15) is 18.0 Å². The van der Waals surface area contributed by atoms with Crippen molar-refractivity contribution >= 4 is 22.9 Å². The number of carbonyl (C=O) groups excluding carboxylic acids is 2. The molecule has 32 heavy (non-hydrogen) atoms. The average molecular weight is 442 g/mol. The number of benzene rings is 1. The molecule has 1 N–H and O–H groups in total. The number of aromatic amines is 1. The zero-order valence-corrected chi connectivity index (χ0v) is 19.2. The number of hydrogen-bond donors (Lipinski definition) is 1. The molecule has 3 aliphatic rings. The quantitative estimate of drug-likeness (QED) is 0.734. The zero-order chi connectivity index (χ0) is 22.7. The molecular formula is C24H31N3O5. The highest BCUT2D eigenvalue weighted by Crippen LogP contribution is 2.49. The highest BCUT2D eigenvalue weighted by molar-refractivity contribution is 5.89. The number of hydrogen-bond acceptors (Lipinski definition) is 5. The lowest BCUT2D eigenvalue weighted by atomic mass is 9.68. The van der Waals surface area contributed by atoms with Crippen LogP contribution < -0.4 is 4.74 Å². The molecule has 2 amide bonds. The van der Waals surface area contributed by atoms with Gasteiger partial charge in [-0.1, -0.05) is 0 Å². The predicted molar refractivity (Wildman–Crippen MR) is 119 cm³/mol. The fraction of sp³-hybridized carbons (Fsp3) is 0.583. The molecule has 172 valence electrons. The number of morpholine rings is 1. The van der Waals surface area contributed by atoms with E-state index in [-0.39, 0.29) is 30.1 Å². The molecule has 4 heterocycles. The van der Waals surface area contributed by atoms with Crippen molar-refractivity contribution in [2.45, 2.75) is 50.7 Å². The van der Waals surface area contributed by atoms with Crippen LogP contribution in [0.25, 0.3) is 10.9 Å². The van der Waals surface area contributed by atoms with Gasteiger partial charge < -0.3 is 29.0 Å². The van der Waals surface area contributed by atoms with E-state index in [1.165, 1.54) is 5.56 Å². The van der Waals surface area contributed by atoms with Gasteiger partial charge >= 0.3 is 6.09 Å². The van der Waals surface area contributed by atoms with Crippen molar-refractivity contribution in [2.75, 3.05) is 40.0 Å². The van der Waals surface area contributed by atoms with Crippen molar-refractivity contribution < 1.29 is 23.8 Å². The second-order valence-corrected chi connectivity index (χ2v) is 10.1. The number of amides is 2. The van der Waals surface area contributed by atoms with Crippen LogP contribution in [0.3, 0.4) is 0 Å². The van der Waals surface area contributed by atoms with Gasteiger partial charge in [0.05, 0.1) is 19.8 Å². The van der Waals surface area contributed by atoms with Crippen LogP contribution in [0.5, 0.6) is 5.75 Å². The van der Waals surface area contributed by atoms with Gasteiger partial charge in [-0.3, -0.25) is 4.79 Å². The summed E-state index contributed by atoms with van der Waals surface area (Å²) in [6.45, 7) is 8.11. The van der Waals surface area contributed by atoms with E-state index in [9.17, 15) is 9.59 Å². The van der Waals surface area contributed by atoms with Gasteiger partial charge in [-0.05, 0) is 51.3 Å². The topological polar surface area (TPSA) is 84.1 Å². The van der Waals surface area contributed by atoms with Crippen molar-refractivity contribution in [3.8, 4) is 5.75 Å². The molecule has 0 unspecified atom stereocenters. The molecule has 2 aromatic rings. The largest absolute Gasteiger partial charge is 0.497 e. The molecule has 0 radical (unpaired) electrons. The Balaban J connectivity index is 1.53. The van der Waals surface area contributed by atoms with E-state index in [0.29, 0.717) is 26.2 Å². The third-order valence-corrected chi connectivity index (χ3v) is 6.94. The average Bonchev–Trinajstić information content (AvgIpc) is 3.14. The first-order valence-corrected chi connectivity index (χ1v) is 11.3. The number of carbonyl (C=O) groups is 2. The van der Waals surface area contributed by atoms with Crippen LogP contribution in [-0.2, 0) is 19.7 Å². The third kappa shape index (κ3) is 3.41. The van der Waals surface area contributed by atoms with Crippen LogP contribution >= 0.6 is 0 Å². The summed E-state index contributed by atoms with van der Waals surface area (Å²) in [6.07, 6.45) is 1.28. The number of nitrogens with zero attached hydrogens (tertiary/aromatic N) is 2. The standard InChI is InChI=1S/C24H31N3O5/c1-23(2,3)32-22(29)26-9-7-24(8-10-26)14-27-18(12-31-13-19(27)28)21-20(24)16-6-5-15(30-4)11-17(16)25-21/h5-6,11,18,25H,7-10,12-14H2,1-4H3/t18-/m0/s1. The van der Waals surface area contributed by atoms with Crippen molar-refractivity contribution in [2.24, 2.45) is 0 Å². The van der Waals surface area contributed by atoms with Gasteiger partial charge in [0.2, 0.25) is 5.91 Å². The van der Waals surface area contributed by atoms with E-state index in [4.69, 9.17) is 14.2 Å². The molecule has 1 atom stereocenters. The lowest BCUT2D eigenvalue weighted by Gasteiger charge is -2.51.